The molecular formula is C66H62N4O3S3. The van der Waals surface area contributed by atoms with Crippen LogP contribution in [-0.4, -0.2) is 40.5 Å². The van der Waals surface area contributed by atoms with Crippen LogP contribution in [0.5, 0.6) is 0 Å². The quantitative estimate of drug-likeness (QED) is 0.0501. The van der Waals surface area contributed by atoms with Gasteiger partial charge >= 0.3 is 0 Å². The third-order valence-electron chi connectivity index (χ3n) is 14.1. The number of carbonyl (C=O) groups is 3. The largest absolute Gasteiger partial charge is 0.368 e. The summed E-state index contributed by atoms with van der Waals surface area (Å²) < 4.78 is 0.359. The van der Waals surface area contributed by atoms with E-state index in [1.807, 2.05) is 200 Å². The first kappa shape index (κ1) is 53.2. The van der Waals surface area contributed by atoms with Crippen molar-refractivity contribution in [2.75, 3.05) is 11.5 Å². The molecule has 3 atom stereocenters. The van der Waals surface area contributed by atoms with Crippen molar-refractivity contribution in [1.82, 2.24) is 10.0 Å². The Hall–Kier alpha value is -7.60. The van der Waals surface area contributed by atoms with E-state index in [0.29, 0.717) is 0 Å². The van der Waals surface area contributed by atoms with E-state index in [9.17, 15) is 9.59 Å². The third-order valence-corrected chi connectivity index (χ3v) is 21.1. The summed E-state index contributed by atoms with van der Waals surface area (Å²) in [6, 6.07) is 90.0. The highest BCUT2D eigenvalue weighted by Crippen LogP contribution is 2.67. The zero-order chi connectivity index (χ0) is 52.9. The number of amides is 3. The highest BCUT2D eigenvalue weighted by molar-refractivity contribution is 8.33. The van der Waals surface area contributed by atoms with Gasteiger partial charge in [0.1, 0.15) is 16.0 Å². The van der Waals surface area contributed by atoms with Gasteiger partial charge in [-0.05, 0) is 50.1 Å². The Balaban J connectivity index is 1.27. The summed E-state index contributed by atoms with van der Waals surface area (Å²) in [4.78, 5) is 45.6. The number of primary amides is 1. The van der Waals surface area contributed by atoms with Crippen LogP contribution >= 0.6 is 33.9 Å². The van der Waals surface area contributed by atoms with Crippen molar-refractivity contribution >= 4 is 51.6 Å². The molecule has 6 N–H and O–H groups in total. The van der Waals surface area contributed by atoms with E-state index >= 15 is 4.79 Å². The molecule has 3 amide bonds. The highest BCUT2D eigenvalue weighted by atomic mass is 32.3. The maximum absolute atomic E-state index is 16.6. The molecule has 0 radical (unpaired) electrons. The minimum absolute atomic E-state index is 0.0647. The zero-order valence-corrected chi connectivity index (χ0v) is 44.8. The van der Waals surface area contributed by atoms with Crippen LogP contribution in [0.1, 0.15) is 63.4 Å². The maximum atomic E-state index is 16.6. The number of carbonyl (C=O) groups excluding carboxylic acids is 3. The SMILES string of the molecule is CCC(=O)NS(N)([C@H](CSC(c1ccccc1)(c1ccccc1)c1ccccc1)C(=O)N[C@H](CSC(c1ccccc1)(c1ccccc1)c1ccccc1)C(N)=O)C(c1ccccc1)(c1ccccc1)c1ccccc1. The maximum Gasteiger partial charge on any atom is 0.240 e. The van der Waals surface area contributed by atoms with Gasteiger partial charge in [-0.25, -0.2) is 0 Å². The van der Waals surface area contributed by atoms with E-state index < -0.39 is 47.7 Å². The van der Waals surface area contributed by atoms with Crippen molar-refractivity contribution < 1.29 is 14.4 Å². The Bertz CT molecular complexity index is 2990. The first-order valence-corrected chi connectivity index (χ1v) is 29.2. The lowest BCUT2D eigenvalue weighted by atomic mass is 9.84. The molecule has 0 fully saturated rings. The van der Waals surface area contributed by atoms with Gasteiger partial charge in [0.2, 0.25) is 17.7 Å². The molecule has 0 spiro atoms. The van der Waals surface area contributed by atoms with Crippen LogP contribution in [0.4, 0.5) is 0 Å². The fourth-order valence-electron chi connectivity index (χ4n) is 10.5. The Kier molecular flexibility index (Phi) is 17.1. The van der Waals surface area contributed by atoms with Gasteiger partial charge in [0.25, 0.3) is 0 Å². The van der Waals surface area contributed by atoms with E-state index in [1.165, 1.54) is 11.8 Å². The van der Waals surface area contributed by atoms with Crippen LogP contribution in [0, 0.1) is 0 Å². The van der Waals surface area contributed by atoms with Gasteiger partial charge in [-0.1, -0.05) is 290 Å². The number of thioether (sulfide) groups is 2. The first-order valence-electron chi connectivity index (χ1n) is 25.5. The lowest BCUT2D eigenvalue weighted by molar-refractivity contribution is -0.126. The van der Waals surface area contributed by atoms with E-state index in [-0.39, 0.29) is 23.8 Å². The molecule has 382 valence electrons. The van der Waals surface area contributed by atoms with Gasteiger partial charge in [0.15, 0.2) is 0 Å². The molecule has 10 heteroatoms. The summed E-state index contributed by atoms with van der Waals surface area (Å²) in [6.07, 6.45) is 0.0883. The molecule has 0 saturated heterocycles. The molecule has 76 heavy (non-hydrogen) atoms. The van der Waals surface area contributed by atoms with E-state index in [2.05, 4.69) is 82.8 Å². The van der Waals surface area contributed by atoms with Crippen molar-refractivity contribution in [2.24, 2.45) is 10.9 Å². The average Bonchev–Trinajstić information content (AvgIpc) is 3.55. The molecule has 0 aromatic heterocycles. The molecule has 0 saturated carbocycles. The van der Waals surface area contributed by atoms with Crippen LogP contribution < -0.4 is 20.9 Å². The van der Waals surface area contributed by atoms with Crippen LogP contribution in [0.2, 0.25) is 0 Å². The van der Waals surface area contributed by atoms with Crippen LogP contribution in [-0.2, 0) is 28.6 Å². The predicted octanol–water partition coefficient (Wildman–Crippen LogP) is 12.9. The van der Waals surface area contributed by atoms with Gasteiger partial charge < -0.3 is 15.8 Å². The molecule has 1 unspecified atom stereocenters. The fourth-order valence-corrected chi connectivity index (χ4v) is 17.8. The first-order chi connectivity index (χ1) is 37.2. The summed E-state index contributed by atoms with van der Waals surface area (Å²) >= 11 is 3.11. The molecule has 0 aliphatic heterocycles. The highest BCUT2D eigenvalue weighted by Gasteiger charge is 2.57. The normalized spacial score (nSPS) is 13.8. The Morgan fingerprint density at radius 1 is 0.421 bits per heavy atom. The number of rotatable bonds is 22. The average molecular weight is 1060 g/mol. The lowest BCUT2D eigenvalue weighted by Crippen LogP contribution is -2.60. The second-order valence-electron chi connectivity index (χ2n) is 18.5. The van der Waals surface area contributed by atoms with Crippen molar-refractivity contribution in [3.63, 3.8) is 0 Å². The summed E-state index contributed by atoms with van der Waals surface area (Å²) in [7, 11) is -3.46. The number of hydrogen-bond acceptors (Lipinski definition) is 6. The lowest BCUT2D eigenvalue weighted by Gasteiger charge is -2.57. The Morgan fingerprint density at radius 2 is 0.671 bits per heavy atom. The van der Waals surface area contributed by atoms with Gasteiger partial charge in [-0.15, -0.1) is 23.5 Å². The minimum Gasteiger partial charge on any atom is -0.368 e. The molecule has 0 aliphatic rings. The van der Waals surface area contributed by atoms with Crippen molar-refractivity contribution in [3.05, 3.63) is 323 Å². The second-order valence-corrected chi connectivity index (χ2v) is 23.8. The van der Waals surface area contributed by atoms with E-state index in [0.717, 1.165) is 50.1 Å². The van der Waals surface area contributed by atoms with Crippen LogP contribution in [0.3, 0.4) is 0 Å². The third kappa shape index (κ3) is 10.5. The summed E-state index contributed by atoms with van der Waals surface area (Å²) in [5.74, 6) is -1.41. The van der Waals surface area contributed by atoms with Gasteiger partial charge in [0, 0.05) is 17.9 Å². The van der Waals surface area contributed by atoms with Crippen molar-refractivity contribution in [2.45, 2.75) is 38.9 Å². The summed E-state index contributed by atoms with van der Waals surface area (Å²) in [5.41, 5.74) is 14.8. The molecule has 0 heterocycles. The van der Waals surface area contributed by atoms with Gasteiger partial charge in [0.05, 0.1) is 9.49 Å². The molecule has 7 nitrogen and oxygen atoms in total. The molecule has 9 aromatic carbocycles. The molecule has 0 aliphatic carbocycles. The number of nitrogens with two attached hydrogens (primary N) is 2. The number of hydrogen-bond donors (Lipinski definition) is 4. The molecule has 9 rings (SSSR count). The van der Waals surface area contributed by atoms with Gasteiger partial charge in [-0.3, -0.25) is 19.5 Å². The van der Waals surface area contributed by atoms with Crippen LogP contribution in [0.15, 0.2) is 273 Å². The summed E-state index contributed by atoms with van der Waals surface area (Å²) in [5, 5.41) is 10.6. The topological polar surface area (TPSA) is 127 Å². The second kappa shape index (κ2) is 24.4. The van der Waals surface area contributed by atoms with Crippen LogP contribution in [0.25, 0.3) is 0 Å². The summed E-state index contributed by atoms with van der Waals surface area (Å²) in [6.45, 7) is 1.79. The fraction of sp³-hybridized carbons (Fsp3) is 0.136. The number of benzene rings is 9. The minimum atomic E-state index is -3.46. The standard InChI is InChI=1S/C66H62N4O3S3/c1-2-61(71)70-76(68,66(56-42-24-9-25-43-56,57-44-26-10-27-45-57)58-46-28-11-29-47-58)60(49-75-65(53-36-18-6-19-37-53,54-38-20-7-21-39-54)55-40-22-8-23-41-55)63(73)69-59(62(67)72)48-74-64(50-30-12-3-13-31-50,51-32-14-4-15-33-51)52-34-16-5-17-35-52/h3-47,59-60H,2,48-49,68H2,1H3,(H2,67,72)(H,69,73)(H,70,71)/t59-,60-/m1/s1. The van der Waals surface area contributed by atoms with E-state index in [1.54, 1.807) is 18.7 Å². The van der Waals surface area contributed by atoms with E-state index in [4.69, 9.17) is 10.9 Å². The molecular weight excluding hydrogens is 993 g/mol. The van der Waals surface area contributed by atoms with Crippen molar-refractivity contribution in [1.29, 1.82) is 0 Å². The number of nitrogens with one attached hydrogen (secondary N) is 2. The predicted molar refractivity (Wildman–Crippen MR) is 318 cm³/mol. The monoisotopic (exact) mass is 1050 g/mol. The Labute approximate surface area is 457 Å². The smallest absolute Gasteiger partial charge is 0.240 e. The van der Waals surface area contributed by atoms with Gasteiger partial charge in [-0.2, -0.15) is 0 Å². The molecule has 0 bridgehead atoms. The van der Waals surface area contributed by atoms with Crippen molar-refractivity contribution in [3.8, 4) is 0 Å². The molecule has 9 aromatic rings. The Morgan fingerprint density at radius 3 is 0.921 bits per heavy atom. The zero-order valence-electron chi connectivity index (χ0n) is 42.4.